The average molecular weight is 305 g/mol. The molecular formula is C17H23NO4. The lowest BCUT2D eigenvalue weighted by molar-refractivity contribution is -0.0384. The SMILES string of the molecule is O=C(c1ccoc1C1CC1)N1CCOC[C@@H]1[C@@H]1CCC[C@H]1O. The Morgan fingerprint density at radius 1 is 1.27 bits per heavy atom. The van der Waals surface area contributed by atoms with Crippen LogP contribution in [0.25, 0.3) is 0 Å². The Morgan fingerprint density at radius 2 is 2.14 bits per heavy atom. The minimum atomic E-state index is -0.311. The highest BCUT2D eigenvalue weighted by molar-refractivity contribution is 5.95. The van der Waals surface area contributed by atoms with E-state index in [0.29, 0.717) is 31.2 Å². The third-order valence-corrected chi connectivity index (χ3v) is 5.33. The van der Waals surface area contributed by atoms with Gasteiger partial charge in [0, 0.05) is 18.4 Å². The third-order valence-electron chi connectivity index (χ3n) is 5.33. The smallest absolute Gasteiger partial charge is 0.257 e. The fraction of sp³-hybridized carbons (Fsp3) is 0.706. The minimum absolute atomic E-state index is 0.0132. The number of morpholine rings is 1. The lowest BCUT2D eigenvalue weighted by atomic mass is 9.93. The highest BCUT2D eigenvalue weighted by Crippen LogP contribution is 2.42. The van der Waals surface area contributed by atoms with Crippen LogP contribution in [0.4, 0.5) is 0 Å². The molecule has 1 aromatic heterocycles. The largest absolute Gasteiger partial charge is 0.468 e. The maximum absolute atomic E-state index is 13.0. The zero-order chi connectivity index (χ0) is 15.1. The number of furan rings is 1. The molecule has 2 heterocycles. The van der Waals surface area contributed by atoms with Crippen molar-refractivity contribution in [2.24, 2.45) is 5.92 Å². The van der Waals surface area contributed by atoms with Gasteiger partial charge in [-0.3, -0.25) is 4.79 Å². The molecule has 2 saturated carbocycles. The second kappa shape index (κ2) is 5.70. The van der Waals surface area contributed by atoms with Crippen LogP contribution in [0, 0.1) is 5.92 Å². The van der Waals surface area contributed by atoms with Gasteiger partial charge in [-0.05, 0) is 31.7 Å². The molecule has 2 aliphatic carbocycles. The molecule has 3 fully saturated rings. The van der Waals surface area contributed by atoms with Crippen molar-refractivity contribution in [3.05, 3.63) is 23.7 Å². The molecule has 120 valence electrons. The maximum atomic E-state index is 13.0. The number of carbonyl (C=O) groups is 1. The highest BCUT2D eigenvalue weighted by atomic mass is 16.5. The van der Waals surface area contributed by atoms with Crippen molar-refractivity contribution in [1.82, 2.24) is 4.90 Å². The predicted octanol–water partition coefficient (Wildman–Crippen LogP) is 2.16. The van der Waals surface area contributed by atoms with Gasteiger partial charge in [-0.1, -0.05) is 6.42 Å². The fourth-order valence-electron chi connectivity index (χ4n) is 3.96. The molecule has 0 unspecified atom stereocenters. The summed E-state index contributed by atoms with van der Waals surface area (Å²) in [5.74, 6) is 1.45. The quantitative estimate of drug-likeness (QED) is 0.929. The van der Waals surface area contributed by atoms with E-state index in [1.165, 1.54) is 0 Å². The van der Waals surface area contributed by atoms with Gasteiger partial charge in [-0.2, -0.15) is 0 Å². The van der Waals surface area contributed by atoms with Crippen LogP contribution in [0.15, 0.2) is 16.7 Å². The van der Waals surface area contributed by atoms with E-state index in [2.05, 4.69) is 0 Å². The van der Waals surface area contributed by atoms with Gasteiger partial charge in [0.05, 0.1) is 37.2 Å². The van der Waals surface area contributed by atoms with E-state index < -0.39 is 0 Å². The summed E-state index contributed by atoms with van der Waals surface area (Å²) in [5, 5.41) is 10.2. The standard InChI is InChI=1S/C17H23NO4/c19-15-3-1-2-12(15)14-10-21-9-7-18(14)17(20)13-6-8-22-16(13)11-4-5-11/h6,8,11-12,14-15,19H,1-5,7,9-10H2/t12-,14+,15+/m0/s1. The molecule has 0 bridgehead atoms. The second-order valence-electron chi connectivity index (χ2n) is 6.78. The molecule has 1 N–H and O–H groups in total. The van der Waals surface area contributed by atoms with Gasteiger partial charge in [0.1, 0.15) is 5.76 Å². The first-order chi connectivity index (χ1) is 10.8. The second-order valence-corrected chi connectivity index (χ2v) is 6.78. The van der Waals surface area contributed by atoms with E-state index in [9.17, 15) is 9.90 Å². The first kappa shape index (κ1) is 14.3. The summed E-state index contributed by atoms with van der Waals surface area (Å²) in [4.78, 5) is 14.9. The average Bonchev–Trinajstić information content (AvgIpc) is 3.11. The van der Waals surface area contributed by atoms with E-state index >= 15 is 0 Å². The van der Waals surface area contributed by atoms with Gasteiger partial charge in [-0.15, -0.1) is 0 Å². The van der Waals surface area contributed by atoms with Gasteiger partial charge >= 0.3 is 0 Å². The number of rotatable bonds is 3. The molecule has 0 spiro atoms. The minimum Gasteiger partial charge on any atom is -0.468 e. The van der Waals surface area contributed by atoms with Crippen molar-refractivity contribution in [2.75, 3.05) is 19.8 Å². The van der Waals surface area contributed by atoms with E-state index in [1.807, 2.05) is 4.90 Å². The molecular weight excluding hydrogens is 282 g/mol. The van der Waals surface area contributed by atoms with Crippen LogP contribution in [0.1, 0.15) is 54.1 Å². The van der Waals surface area contributed by atoms with Crippen molar-refractivity contribution in [2.45, 2.75) is 50.2 Å². The van der Waals surface area contributed by atoms with Crippen LogP contribution in [0.5, 0.6) is 0 Å². The molecule has 0 aromatic carbocycles. The van der Waals surface area contributed by atoms with Crippen molar-refractivity contribution in [3.63, 3.8) is 0 Å². The van der Waals surface area contributed by atoms with Gasteiger partial charge in [0.2, 0.25) is 0 Å². The first-order valence-electron chi connectivity index (χ1n) is 8.40. The van der Waals surface area contributed by atoms with E-state index in [0.717, 1.165) is 37.9 Å². The Kier molecular flexibility index (Phi) is 3.70. The first-order valence-corrected chi connectivity index (χ1v) is 8.40. The molecule has 1 aliphatic heterocycles. The summed E-state index contributed by atoms with van der Waals surface area (Å²) >= 11 is 0. The molecule has 1 saturated heterocycles. The number of carbonyl (C=O) groups excluding carboxylic acids is 1. The number of aliphatic hydroxyl groups excluding tert-OH is 1. The molecule has 5 nitrogen and oxygen atoms in total. The van der Waals surface area contributed by atoms with Gasteiger partial charge < -0.3 is 19.2 Å². The van der Waals surface area contributed by atoms with Gasteiger partial charge in [0.15, 0.2) is 0 Å². The van der Waals surface area contributed by atoms with Crippen LogP contribution < -0.4 is 0 Å². The molecule has 3 aliphatic rings. The Bertz CT molecular complexity index is 551. The van der Waals surface area contributed by atoms with Crippen molar-refractivity contribution < 1.29 is 19.1 Å². The zero-order valence-electron chi connectivity index (χ0n) is 12.7. The molecule has 5 heteroatoms. The maximum Gasteiger partial charge on any atom is 0.257 e. The Hall–Kier alpha value is -1.33. The summed E-state index contributed by atoms with van der Waals surface area (Å²) in [6.45, 7) is 1.70. The third kappa shape index (κ3) is 2.46. The molecule has 0 radical (unpaired) electrons. The summed E-state index contributed by atoms with van der Waals surface area (Å²) in [5.41, 5.74) is 0.710. The topological polar surface area (TPSA) is 62.9 Å². The van der Waals surface area contributed by atoms with Crippen LogP contribution in [0.3, 0.4) is 0 Å². The van der Waals surface area contributed by atoms with E-state index in [4.69, 9.17) is 9.15 Å². The van der Waals surface area contributed by atoms with Crippen LogP contribution >= 0.6 is 0 Å². The summed E-state index contributed by atoms with van der Waals surface area (Å²) in [6.07, 6.45) is 6.38. The lowest BCUT2D eigenvalue weighted by Gasteiger charge is -2.40. The summed E-state index contributed by atoms with van der Waals surface area (Å²) in [7, 11) is 0. The van der Waals surface area contributed by atoms with E-state index in [-0.39, 0.29) is 24.0 Å². The highest BCUT2D eigenvalue weighted by Gasteiger charge is 2.41. The Morgan fingerprint density at radius 3 is 2.86 bits per heavy atom. The van der Waals surface area contributed by atoms with Crippen LogP contribution in [0.2, 0.25) is 0 Å². The number of hydrogen-bond donors (Lipinski definition) is 1. The summed E-state index contributed by atoms with van der Waals surface area (Å²) < 4.78 is 11.2. The van der Waals surface area contributed by atoms with Crippen molar-refractivity contribution in [1.29, 1.82) is 0 Å². The molecule has 4 rings (SSSR count). The fourth-order valence-corrected chi connectivity index (χ4v) is 3.96. The number of amides is 1. The number of aliphatic hydroxyl groups is 1. The molecule has 1 aromatic rings. The number of nitrogens with zero attached hydrogens (tertiary/aromatic N) is 1. The van der Waals surface area contributed by atoms with Crippen LogP contribution in [-0.2, 0) is 4.74 Å². The van der Waals surface area contributed by atoms with E-state index in [1.54, 1.807) is 12.3 Å². The summed E-state index contributed by atoms with van der Waals surface area (Å²) in [6, 6.07) is 1.79. The van der Waals surface area contributed by atoms with Crippen molar-refractivity contribution >= 4 is 5.91 Å². The zero-order valence-corrected chi connectivity index (χ0v) is 12.7. The molecule has 3 atom stereocenters. The normalized spacial score (nSPS) is 32.4. The van der Waals surface area contributed by atoms with Gasteiger partial charge in [-0.25, -0.2) is 0 Å². The molecule has 1 amide bonds. The van der Waals surface area contributed by atoms with Crippen LogP contribution in [-0.4, -0.2) is 47.8 Å². The Labute approximate surface area is 130 Å². The lowest BCUT2D eigenvalue weighted by Crippen LogP contribution is -2.53. The van der Waals surface area contributed by atoms with Crippen molar-refractivity contribution in [3.8, 4) is 0 Å². The number of hydrogen-bond acceptors (Lipinski definition) is 4. The molecule has 22 heavy (non-hydrogen) atoms. The number of ether oxygens (including phenoxy) is 1. The Balaban J connectivity index is 1.58. The van der Waals surface area contributed by atoms with Gasteiger partial charge in [0.25, 0.3) is 5.91 Å². The monoisotopic (exact) mass is 305 g/mol. The predicted molar refractivity (Wildman–Crippen MR) is 79.7 cm³/mol.